The number of aromatic nitrogens is 1. The van der Waals surface area contributed by atoms with Crippen molar-refractivity contribution in [2.75, 3.05) is 6.79 Å². The summed E-state index contributed by atoms with van der Waals surface area (Å²) in [5, 5.41) is 5.70. The Morgan fingerprint density at radius 1 is 1.00 bits per heavy atom. The van der Waals surface area contributed by atoms with E-state index in [1.807, 2.05) is 30.3 Å². The summed E-state index contributed by atoms with van der Waals surface area (Å²) in [6.45, 7) is 0.919. The van der Waals surface area contributed by atoms with Crippen LogP contribution in [0.15, 0.2) is 42.7 Å². The molecule has 1 aliphatic carbocycles. The molecule has 2 aliphatic rings. The van der Waals surface area contributed by atoms with Crippen molar-refractivity contribution in [3.8, 4) is 11.5 Å². The fourth-order valence-corrected chi connectivity index (χ4v) is 2.94. The normalized spacial score (nSPS) is 16.0. The number of fused-ring (bicyclic) bond motifs is 1. The van der Waals surface area contributed by atoms with Crippen LogP contribution in [0.5, 0.6) is 11.5 Å². The monoisotopic (exact) mass is 353 g/mol. The van der Waals surface area contributed by atoms with Crippen molar-refractivity contribution in [3.63, 3.8) is 0 Å². The number of nitrogens with zero attached hydrogens (tertiary/aromatic N) is 1. The van der Waals surface area contributed by atoms with Crippen LogP contribution in [0.4, 0.5) is 0 Å². The SMILES string of the molecule is O=C(NCc1cccnc1)C1(C(=O)NCc2ccc3c(c2)OCO3)CC1. The molecule has 2 N–H and O–H groups in total. The molecule has 1 aliphatic heterocycles. The maximum atomic E-state index is 12.5. The van der Waals surface area contributed by atoms with Crippen LogP contribution >= 0.6 is 0 Å². The average Bonchev–Trinajstić information content (AvgIpc) is 3.36. The topological polar surface area (TPSA) is 89.6 Å². The summed E-state index contributed by atoms with van der Waals surface area (Å²) in [7, 11) is 0. The minimum Gasteiger partial charge on any atom is -0.454 e. The summed E-state index contributed by atoms with van der Waals surface area (Å²) < 4.78 is 10.6. The van der Waals surface area contributed by atoms with Crippen LogP contribution < -0.4 is 20.1 Å². The van der Waals surface area contributed by atoms with Crippen LogP contribution in [0.1, 0.15) is 24.0 Å². The first kappa shape index (κ1) is 16.4. The lowest BCUT2D eigenvalue weighted by Crippen LogP contribution is -2.42. The minimum atomic E-state index is -0.946. The van der Waals surface area contributed by atoms with Gasteiger partial charge in [-0.05, 0) is 42.2 Å². The van der Waals surface area contributed by atoms with Crippen molar-refractivity contribution in [3.05, 3.63) is 53.9 Å². The van der Waals surface area contributed by atoms with Crippen LogP contribution in [0, 0.1) is 5.41 Å². The number of carbonyl (C=O) groups is 2. The van der Waals surface area contributed by atoms with Crippen molar-refractivity contribution in [1.29, 1.82) is 0 Å². The highest BCUT2D eigenvalue weighted by molar-refractivity contribution is 6.07. The average molecular weight is 353 g/mol. The smallest absolute Gasteiger partial charge is 0.235 e. The van der Waals surface area contributed by atoms with Crippen molar-refractivity contribution in [2.45, 2.75) is 25.9 Å². The molecule has 0 saturated heterocycles. The summed E-state index contributed by atoms with van der Waals surface area (Å²) >= 11 is 0. The molecule has 7 nitrogen and oxygen atoms in total. The zero-order chi connectivity index (χ0) is 18.0. The van der Waals surface area contributed by atoms with Gasteiger partial charge in [0.05, 0.1) is 0 Å². The maximum Gasteiger partial charge on any atom is 0.235 e. The maximum absolute atomic E-state index is 12.5. The Morgan fingerprint density at radius 2 is 1.73 bits per heavy atom. The van der Waals surface area contributed by atoms with Gasteiger partial charge in [0.1, 0.15) is 5.41 Å². The van der Waals surface area contributed by atoms with Gasteiger partial charge in [-0.25, -0.2) is 0 Å². The minimum absolute atomic E-state index is 0.214. The second-order valence-electron chi connectivity index (χ2n) is 6.50. The highest BCUT2D eigenvalue weighted by atomic mass is 16.7. The molecule has 1 aromatic carbocycles. The van der Waals surface area contributed by atoms with Gasteiger partial charge >= 0.3 is 0 Å². The third-order valence-corrected chi connectivity index (χ3v) is 4.69. The van der Waals surface area contributed by atoms with Gasteiger partial charge in [0.15, 0.2) is 11.5 Å². The molecule has 1 fully saturated rings. The van der Waals surface area contributed by atoms with Crippen LogP contribution in [0.25, 0.3) is 0 Å². The zero-order valence-corrected chi connectivity index (χ0v) is 14.2. The third kappa shape index (κ3) is 3.20. The molecule has 0 spiro atoms. The van der Waals surface area contributed by atoms with E-state index < -0.39 is 5.41 Å². The van der Waals surface area contributed by atoms with Crippen LogP contribution in [0.2, 0.25) is 0 Å². The molecular weight excluding hydrogens is 334 g/mol. The molecule has 0 atom stereocenters. The molecule has 2 aromatic rings. The van der Waals surface area contributed by atoms with E-state index >= 15 is 0 Å². The largest absolute Gasteiger partial charge is 0.454 e. The van der Waals surface area contributed by atoms with E-state index in [1.54, 1.807) is 12.4 Å². The van der Waals surface area contributed by atoms with Gasteiger partial charge in [-0.2, -0.15) is 0 Å². The number of benzene rings is 1. The van der Waals surface area contributed by atoms with E-state index in [-0.39, 0.29) is 18.6 Å². The molecule has 26 heavy (non-hydrogen) atoms. The highest BCUT2D eigenvalue weighted by Crippen LogP contribution is 2.46. The standard InChI is InChI=1S/C19H19N3O4/c23-17(21-10-13-3-4-15-16(8-13)26-12-25-15)19(5-6-19)18(24)22-11-14-2-1-7-20-9-14/h1-4,7-9H,5-6,10-12H2,(H,21,23)(H,22,24). The van der Waals surface area contributed by atoms with E-state index in [2.05, 4.69) is 15.6 Å². The van der Waals surface area contributed by atoms with Crippen molar-refractivity contribution < 1.29 is 19.1 Å². The molecular formula is C19H19N3O4. The molecule has 7 heteroatoms. The second kappa shape index (κ2) is 6.67. The Labute approximate surface area is 150 Å². The predicted octanol–water partition coefficient (Wildman–Crippen LogP) is 1.52. The Bertz CT molecular complexity index is 834. The van der Waals surface area contributed by atoms with Gasteiger partial charge in [-0.1, -0.05) is 12.1 Å². The van der Waals surface area contributed by atoms with E-state index in [4.69, 9.17) is 9.47 Å². The number of hydrogen-bond donors (Lipinski definition) is 2. The molecule has 0 radical (unpaired) electrons. The summed E-state index contributed by atoms with van der Waals surface area (Å²) in [6, 6.07) is 9.22. The Kier molecular flexibility index (Phi) is 4.20. The first-order valence-electron chi connectivity index (χ1n) is 8.51. The molecule has 0 unspecified atom stereocenters. The van der Waals surface area contributed by atoms with Crippen molar-refractivity contribution in [1.82, 2.24) is 15.6 Å². The van der Waals surface area contributed by atoms with Crippen LogP contribution in [-0.4, -0.2) is 23.6 Å². The molecule has 4 rings (SSSR count). The number of nitrogens with one attached hydrogen (secondary N) is 2. The number of rotatable bonds is 6. The number of pyridine rings is 1. The molecule has 1 saturated carbocycles. The molecule has 134 valence electrons. The van der Waals surface area contributed by atoms with E-state index in [9.17, 15) is 9.59 Å². The second-order valence-corrected chi connectivity index (χ2v) is 6.50. The first-order chi connectivity index (χ1) is 12.7. The predicted molar refractivity (Wildman–Crippen MR) is 92.2 cm³/mol. The van der Waals surface area contributed by atoms with Crippen molar-refractivity contribution in [2.24, 2.45) is 5.41 Å². The lowest BCUT2D eigenvalue weighted by molar-refractivity contribution is -0.137. The van der Waals surface area contributed by atoms with Gasteiger partial charge in [0.25, 0.3) is 0 Å². The Balaban J connectivity index is 1.33. The van der Waals surface area contributed by atoms with E-state index in [1.165, 1.54) is 0 Å². The van der Waals surface area contributed by atoms with Gasteiger partial charge in [-0.3, -0.25) is 14.6 Å². The number of ether oxygens (including phenoxy) is 2. The fraction of sp³-hybridized carbons (Fsp3) is 0.316. The number of amides is 2. The third-order valence-electron chi connectivity index (χ3n) is 4.69. The van der Waals surface area contributed by atoms with Gasteiger partial charge in [0.2, 0.25) is 18.6 Å². The Hall–Kier alpha value is -3.09. The Morgan fingerprint density at radius 3 is 2.42 bits per heavy atom. The van der Waals surface area contributed by atoms with Gasteiger partial charge in [-0.15, -0.1) is 0 Å². The van der Waals surface area contributed by atoms with Crippen LogP contribution in [0.3, 0.4) is 0 Å². The van der Waals surface area contributed by atoms with E-state index in [0.29, 0.717) is 37.4 Å². The summed E-state index contributed by atoms with van der Waals surface area (Å²) in [4.78, 5) is 29.0. The molecule has 0 bridgehead atoms. The fourth-order valence-electron chi connectivity index (χ4n) is 2.94. The van der Waals surface area contributed by atoms with Gasteiger partial charge < -0.3 is 20.1 Å². The molecule has 2 amide bonds. The van der Waals surface area contributed by atoms with E-state index in [0.717, 1.165) is 11.1 Å². The summed E-state index contributed by atoms with van der Waals surface area (Å²) in [5.74, 6) is 0.906. The van der Waals surface area contributed by atoms with Crippen molar-refractivity contribution >= 4 is 11.8 Å². The summed E-state index contributed by atoms with van der Waals surface area (Å²) in [6.07, 6.45) is 4.51. The van der Waals surface area contributed by atoms with Crippen LogP contribution in [-0.2, 0) is 22.7 Å². The zero-order valence-electron chi connectivity index (χ0n) is 14.2. The quantitative estimate of drug-likeness (QED) is 0.769. The molecule has 2 heterocycles. The lowest BCUT2D eigenvalue weighted by atomic mass is 10.0. The number of carbonyl (C=O) groups excluding carboxylic acids is 2. The molecule has 1 aromatic heterocycles. The highest BCUT2D eigenvalue weighted by Gasteiger charge is 2.56. The van der Waals surface area contributed by atoms with Gasteiger partial charge in [0, 0.05) is 25.5 Å². The first-order valence-corrected chi connectivity index (χ1v) is 8.51. The number of hydrogen-bond acceptors (Lipinski definition) is 5. The lowest BCUT2D eigenvalue weighted by Gasteiger charge is -2.15. The summed E-state index contributed by atoms with van der Waals surface area (Å²) in [5.41, 5.74) is 0.852.